The molecule has 0 bridgehead atoms. The maximum atomic E-state index is 13.5. The first-order valence-corrected chi connectivity index (χ1v) is 11.5. The van der Waals surface area contributed by atoms with Gasteiger partial charge in [0.05, 0.1) is 30.4 Å². The van der Waals surface area contributed by atoms with Gasteiger partial charge in [0.25, 0.3) is 11.8 Å². The number of fused-ring (bicyclic) bond motifs is 1. The molecule has 2 N–H and O–H groups in total. The zero-order valence-electron chi connectivity index (χ0n) is 19.3. The van der Waals surface area contributed by atoms with Gasteiger partial charge in [0.1, 0.15) is 5.75 Å². The Bertz CT molecular complexity index is 1510. The van der Waals surface area contributed by atoms with Crippen molar-refractivity contribution in [3.05, 3.63) is 88.6 Å². The van der Waals surface area contributed by atoms with Crippen LogP contribution >= 0.6 is 11.6 Å². The van der Waals surface area contributed by atoms with E-state index in [0.717, 1.165) is 22.2 Å². The van der Waals surface area contributed by atoms with Gasteiger partial charge in [0.15, 0.2) is 0 Å². The molecule has 0 atom stereocenters. The number of ether oxygens (including phenoxy) is 1. The van der Waals surface area contributed by atoms with Crippen LogP contribution in [0.1, 0.15) is 28.0 Å². The van der Waals surface area contributed by atoms with Crippen LogP contribution in [-0.2, 0) is 11.2 Å². The van der Waals surface area contributed by atoms with Gasteiger partial charge in [0.2, 0.25) is 0 Å². The first-order valence-electron chi connectivity index (χ1n) is 11.1. The molecule has 0 radical (unpaired) electrons. The Morgan fingerprint density at radius 2 is 1.89 bits per heavy atom. The van der Waals surface area contributed by atoms with Crippen LogP contribution in [0.3, 0.4) is 0 Å². The van der Waals surface area contributed by atoms with E-state index in [4.69, 9.17) is 22.1 Å². The summed E-state index contributed by atoms with van der Waals surface area (Å²) in [5, 5.41) is 7.42. The topological polar surface area (TPSA) is 89.9 Å². The molecule has 0 saturated carbocycles. The third-order valence-electron chi connectivity index (χ3n) is 6.16. The number of aromatic nitrogens is 1. The fourth-order valence-corrected chi connectivity index (χ4v) is 4.56. The molecule has 0 unspecified atom stereocenters. The van der Waals surface area contributed by atoms with E-state index >= 15 is 0 Å². The van der Waals surface area contributed by atoms with Gasteiger partial charge in [-0.1, -0.05) is 17.7 Å². The molecule has 1 aliphatic rings. The lowest BCUT2D eigenvalue weighted by Crippen LogP contribution is -2.19. The van der Waals surface area contributed by atoms with Crippen LogP contribution in [0.15, 0.2) is 71.8 Å². The molecule has 7 nitrogen and oxygen atoms in total. The quantitative estimate of drug-likeness (QED) is 0.392. The molecule has 35 heavy (non-hydrogen) atoms. The maximum Gasteiger partial charge on any atom is 0.262 e. The minimum Gasteiger partial charge on any atom is -0.497 e. The number of hydrogen-bond donors (Lipinski definition) is 1. The molecule has 0 fully saturated rings. The van der Waals surface area contributed by atoms with E-state index in [-0.39, 0.29) is 18.2 Å². The lowest BCUT2D eigenvalue weighted by molar-refractivity contribution is -0.116. The molecule has 1 amide bonds. The van der Waals surface area contributed by atoms with Crippen LogP contribution in [0.4, 0.5) is 11.4 Å². The number of nitrogen functional groups attached to an aromatic ring is 1. The highest BCUT2D eigenvalue weighted by molar-refractivity contribution is 6.30. The van der Waals surface area contributed by atoms with Crippen molar-refractivity contribution < 1.29 is 14.3 Å². The van der Waals surface area contributed by atoms with Gasteiger partial charge in [-0.15, -0.1) is 0 Å². The summed E-state index contributed by atoms with van der Waals surface area (Å²) in [6, 6.07) is 19.5. The zero-order valence-corrected chi connectivity index (χ0v) is 20.0. The largest absolute Gasteiger partial charge is 0.497 e. The molecule has 176 valence electrons. The van der Waals surface area contributed by atoms with Crippen LogP contribution < -0.4 is 15.5 Å². The van der Waals surface area contributed by atoms with Crippen molar-refractivity contribution in [2.24, 2.45) is 5.10 Å². The number of halogens is 1. The van der Waals surface area contributed by atoms with E-state index in [0.29, 0.717) is 39.8 Å². The zero-order chi connectivity index (χ0) is 24.7. The number of rotatable bonds is 5. The number of nitrogens with two attached hydrogens (primary N) is 1. The molecular formula is C27H23ClN4O3. The third kappa shape index (κ3) is 4.15. The fraction of sp³-hybridized carbons (Fsp3) is 0.148. The Labute approximate surface area is 207 Å². The minimum atomic E-state index is -0.161. The van der Waals surface area contributed by atoms with Gasteiger partial charge < -0.3 is 10.5 Å². The number of anilines is 2. The maximum absolute atomic E-state index is 13.5. The number of methoxy groups -OCH3 is 1. The molecular weight excluding hydrogens is 464 g/mol. The molecule has 1 aromatic heterocycles. The smallest absolute Gasteiger partial charge is 0.262 e. The number of benzene rings is 3. The number of carbonyl (C=O) groups excluding carboxylic acids is 2. The molecule has 4 aromatic rings. The number of hydrogen-bond acceptors (Lipinski definition) is 5. The lowest BCUT2D eigenvalue weighted by atomic mass is 10.0. The number of hydrazone groups is 1. The molecule has 5 rings (SSSR count). The Hall–Kier alpha value is -4.10. The van der Waals surface area contributed by atoms with Crippen LogP contribution in [0.25, 0.3) is 10.9 Å². The second kappa shape index (κ2) is 8.92. The van der Waals surface area contributed by atoms with Gasteiger partial charge in [-0.05, 0) is 73.2 Å². The van der Waals surface area contributed by atoms with Crippen LogP contribution in [0.5, 0.6) is 5.75 Å². The normalized spacial score (nSPS) is 13.4. The summed E-state index contributed by atoms with van der Waals surface area (Å²) < 4.78 is 7.14. The summed E-state index contributed by atoms with van der Waals surface area (Å²) in [6.07, 6.45) is 0.608. The number of amides is 1. The van der Waals surface area contributed by atoms with E-state index in [1.165, 1.54) is 5.01 Å². The van der Waals surface area contributed by atoms with Crippen LogP contribution in [0, 0.1) is 6.92 Å². The van der Waals surface area contributed by atoms with Gasteiger partial charge in [-0.2, -0.15) is 5.10 Å². The van der Waals surface area contributed by atoms with E-state index in [2.05, 4.69) is 5.10 Å². The van der Waals surface area contributed by atoms with Crippen molar-refractivity contribution in [2.45, 2.75) is 19.8 Å². The second-order valence-electron chi connectivity index (χ2n) is 8.41. The molecule has 0 saturated heterocycles. The van der Waals surface area contributed by atoms with E-state index in [1.807, 2.05) is 25.1 Å². The van der Waals surface area contributed by atoms with Crippen LogP contribution in [0.2, 0.25) is 5.02 Å². The second-order valence-corrected chi connectivity index (χ2v) is 8.85. The summed E-state index contributed by atoms with van der Waals surface area (Å²) in [5.74, 6) is 0.397. The molecule has 1 aliphatic heterocycles. The van der Waals surface area contributed by atoms with Gasteiger partial charge >= 0.3 is 0 Å². The van der Waals surface area contributed by atoms with Gasteiger partial charge in [0, 0.05) is 33.8 Å². The summed E-state index contributed by atoms with van der Waals surface area (Å²) in [4.78, 5) is 26.2. The average Bonchev–Trinajstić information content (AvgIpc) is 3.35. The highest BCUT2D eigenvalue weighted by atomic mass is 35.5. The average molecular weight is 487 g/mol. The molecule has 0 aliphatic carbocycles. The van der Waals surface area contributed by atoms with Crippen LogP contribution in [-0.4, -0.2) is 29.2 Å². The predicted molar refractivity (Wildman–Crippen MR) is 139 cm³/mol. The summed E-state index contributed by atoms with van der Waals surface area (Å²) in [6.45, 7) is 1.91. The Kier molecular flexibility index (Phi) is 5.78. The monoisotopic (exact) mass is 486 g/mol. The first-order chi connectivity index (χ1) is 16.9. The predicted octanol–water partition coefficient (Wildman–Crippen LogP) is 5.22. The summed E-state index contributed by atoms with van der Waals surface area (Å²) >= 11 is 6.01. The highest BCUT2D eigenvalue weighted by Crippen LogP contribution is 2.32. The molecule has 8 heteroatoms. The number of nitrogens with zero attached hydrogens (tertiary/aromatic N) is 3. The van der Waals surface area contributed by atoms with Crippen molar-refractivity contribution in [1.29, 1.82) is 0 Å². The Morgan fingerprint density at radius 1 is 1.11 bits per heavy atom. The highest BCUT2D eigenvalue weighted by Gasteiger charge is 2.28. The summed E-state index contributed by atoms with van der Waals surface area (Å²) in [5.41, 5.74) is 10.8. The van der Waals surface area contributed by atoms with Gasteiger partial charge in [-0.25, -0.2) is 5.01 Å². The van der Waals surface area contributed by atoms with Gasteiger partial charge in [-0.3, -0.25) is 14.2 Å². The van der Waals surface area contributed by atoms with E-state index < -0.39 is 0 Å². The SMILES string of the molecule is COc1ccc2c(c1)c(CC1=NN(c3cccc(N)c3)C(=O)C1)c(C)n2C(=O)c1ccc(Cl)cc1. The Balaban J connectivity index is 1.58. The van der Waals surface area contributed by atoms with Crippen molar-refractivity contribution >= 4 is 51.4 Å². The van der Waals surface area contributed by atoms with Crippen molar-refractivity contribution in [3.63, 3.8) is 0 Å². The fourth-order valence-electron chi connectivity index (χ4n) is 4.44. The van der Waals surface area contributed by atoms with Crippen molar-refractivity contribution in [1.82, 2.24) is 4.57 Å². The lowest BCUT2D eigenvalue weighted by Gasteiger charge is -2.11. The van der Waals surface area contributed by atoms with E-state index in [1.54, 1.807) is 60.2 Å². The molecule has 3 aromatic carbocycles. The van der Waals surface area contributed by atoms with Crippen molar-refractivity contribution in [3.8, 4) is 5.75 Å². The Morgan fingerprint density at radius 3 is 2.60 bits per heavy atom. The van der Waals surface area contributed by atoms with Crippen molar-refractivity contribution in [2.75, 3.05) is 17.9 Å². The third-order valence-corrected chi connectivity index (χ3v) is 6.42. The molecule has 0 spiro atoms. The number of carbonyl (C=O) groups is 2. The standard InChI is InChI=1S/C27H23ClN4O3/c1-16-23(13-20-14-26(33)32(30-20)21-5-3-4-19(29)12-21)24-15-22(35-2)10-11-25(24)31(16)27(34)17-6-8-18(28)9-7-17/h3-12,15H,13-14,29H2,1-2H3. The van der Waals surface area contributed by atoms with E-state index in [9.17, 15) is 9.59 Å². The molecule has 2 heterocycles. The summed E-state index contributed by atoms with van der Waals surface area (Å²) in [7, 11) is 1.60. The minimum absolute atomic E-state index is 0.123. The first kappa shape index (κ1) is 22.7.